The number of piperidine rings is 1. The van der Waals surface area contributed by atoms with E-state index in [4.69, 9.17) is 15.2 Å². The van der Waals surface area contributed by atoms with Gasteiger partial charge in [0, 0.05) is 25.8 Å². The number of nitrogens with one attached hydrogen (secondary N) is 1. The summed E-state index contributed by atoms with van der Waals surface area (Å²) in [5.74, 6) is 2.94. The van der Waals surface area contributed by atoms with Crippen molar-refractivity contribution in [2.75, 3.05) is 38.8 Å². The molecule has 1 aliphatic rings. The van der Waals surface area contributed by atoms with Crippen LogP contribution in [0.25, 0.3) is 0 Å². The van der Waals surface area contributed by atoms with Gasteiger partial charge in [0.2, 0.25) is 0 Å². The number of benzene rings is 1. The van der Waals surface area contributed by atoms with Crippen LogP contribution in [0.4, 0.5) is 5.82 Å². The molecule has 1 fully saturated rings. The highest BCUT2D eigenvalue weighted by molar-refractivity contribution is 14.0. The molecule has 1 aliphatic heterocycles. The van der Waals surface area contributed by atoms with Crippen molar-refractivity contribution in [3.05, 3.63) is 47.7 Å². The molecule has 8 heteroatoms. The number of halogens is 1. The standard InChI is InChI=1S/C22H31N5O2.HI/c1-28-19-7-6-17(14-20(19)29-2)8-11-25-22(23)26-16-18-9-10-24-21(15-18)27-12-4-3-5-13-27;/h6-7,9-10,14-15H,3-5,8,11-13,16H2,1-2H3,(H3,23,25,26);1H. The first kappa shape index (κ1) is 24.0. The zero-order valence-electron chi connectivity index (χ0n) is 17.8. The van der Waals surface area contributed by atoms with E-state index in [2.05, 4.69) is 26.3 Å². The van der Waals surface area contributed by atoms with E-state index >= 15 is 0 Å². The van der Waals surface area contributed by atoms with Crippen LogP contribution in [-0.4, -0.2) is 44.8 Å². The van der Waals surface area contributed by atoms with Crippen LogP contribution in [0.1, 0.15) is 30.4 Å². The number of nitrogens with zero attached hydrogens (tertiary/aromatic N) is 3. The molecule has 7 nitrogen and oxygen atoms in total. The molecule has 1 saturated heterocycles. The molecule has 164 valence electrons. The van der Waals surface area contributed by atoms with Crippen molar-refractivity contribution in [3.63, 3.8) is 0 Å². The smallest absolute Gasteiger partial charge is 0.188 e. The first-order valence-corrected chi connectivity index (χ1v) is 10.1. The van der Waals surface area contributed by atoms with Gasteiger partial charge >= 0.3 is 0 Å². The Morgan fingerprint density at radius 3 is 2.57 bits per heavy atom. The van der Waals surface area contributed by atoms with Crippen LogP contribution < -0.4 is 25.4 Å². The number of hydrogen-bond donors (Lipinski definition) is 2. The molecular formula is C22H32IN5O2. The highest BCUT2D eigenvalue weighted by Crippen LogP contribution is 2.27. The summed E-state index contributed by atoms with van der Waals surface area (Å²) in [6.07, 6.45) is 6.45. The summed E-state index contributed by atoms with van der Waals surface area (Å²) in [7, 11) is 3.27. The third-order valence-corrected chi connectivity index (χ3v) is 5.09. The van der Waals surface area contributed by atoms with E-state index in [-0.39, 0.29) is 24.0 Å². The van der Waals surface area contributed by atoms with Crippen molar-refractivity contribution in [1.29, 1.82) is 0 Å². The highest BCUT2D eigenvalue weighted by atomic mass is 127. The number of ether oxygens (including phenoxy) is 2. The monoisotopic (exact) mass is 525 g/mol. The van der Waals surface area contributed by atoms with Crippen LogP contribution in [0.5, 0.6) is 11.5 Å². The van der Waals surface area contributed by atoms with Crippen molar-refractivity contribution >= 4 is 35.8 Å². The number of aliphatic imine (C=N–C) groups is 1. The van der Waals surface area contributed by atoms with Crippen LogP contribution in [0.2, 0.25) is 0 Å². The van der Waals surface area contributed by atoms with Gasteiger partial charge in [0.25, 0.3) is 0 Å². The minimum atomic E-state index is 0. The Hall–Kier alpha value is -2.23. The summed E-state index contributed by atoms with van der Waals surface area (Å²) in [6.45, 7) is 3.40. The van der Waals surface area contributed by atoms with Crippen LogP contribution >= 0.6 is 24.0 Å². The van der Waals surface area contributed by atoms with Crippen molar-refractivity contribution in [3.8, 4) is 11.5 Å². The van der Waals surface area contributed by atoms with Gasteiger partial charge in [-0.2, -0.15) is 0 Å². The Balaban J connectivity index is 0.00000320. The molecule has 1 aromatic heterocycles. The third-order valence-electron chi connectivity index (χ3n) is 5.09. The topological polar surface area (TPSA) is 85.0 Å². The summed E-state index contributed by atoms with van der Waals surface area (Å²) in [5, 5.41) is 3.18. The van der Waals surface area contributed by atoms with Gasteiger partial charge in [-0.3, -0.25) is 0 Å². The second-order valence-electron chi connectivity index (χ2n) is 7.14. The molecule has 0 atom stereocenters. The fourth-order valence-corrected chi connectivity index (χ4v) is 3.46. The molecule has 0 spiro atoms. The predicted octanol–water partition coefficient (Wildman–Crippen LogP) is 3.35. The number of aromatic nitrogens is 1. The second-order valence-corrected chi connectivity index (χ2v) is 7.14. The minimum absolute atomic E-state index is 0. The lowest BCUT2D eigenvalue weighted by molar-refractivity contribution is 0.354. The Morgan fingerprint density at radius 1 is 1.07 bits per heavy atom. The van der Waals surface area contributed by atoms with E-state index in [9.17, 15) is 0 Å². The molecule has 30 heavy (non-hydrogen) atoms. The largest absolute Gasteiger partial charge is 0.493 e. The number of anilines is 1. The fraction of sp³-hybridized carbons (Fsp3) is 0.455. The summed E-state index contributed by atoms with van der Waals surface area (Å²) < 4.78 is 10.6. The molecule has 0 radical (unpaired) electrons. The summed E-state index contributed by atoms with van der Waals surface area (Å²) in [6, 6.07) is 10.0. The van der Waals surface area contributed by atoms with E-state index in [0.717, 1.165) is 48.0 Å². The van der Waals surface area contributed by atoms with Crippen LogP contribution in [-0.2, 0) is 13.0 Å². The maximum Gasteiger partial charge on any atom is 0.188 e. The van der Waals surface area contributed by atoms with E-state index in [1.165, 1.54) is 19.3 Å². The van der Waals surface area contributed by atoms with Crippen molar-refractivity contribution in [2.45, 2.75) is 32.2 Å². The highest BCUT2D eigenvalue weighted by Gasteiger charge is 2.12. The number of nitrogens with two attached hydrogens (primary N) is 1. The normalized spacial score (nSPS) is 14.1. The lowest BCUT2D eigenvalue weighted by atomic mass is 10.1. The quantitative estimate of drug-likeness (QED) is 0.313. The second kappa shape index (κ2) is 12.5. The van der Waals surface area contributed by atoms with E-state index < -0.39 is 0 Å². The summed E-state index contributed by atoms with van der Waals surface area (Å²) in [4.78, 5) is 11.3. The van der Waals surface area contributed by atoms with Crippen molar-refractivity contribution in [1.82, 2.24) is 10.3 Å². The van der Waals surface area contributed by atoms with Crippen LogP contribution in [0.3, 0.4) is 0 Å². The van der Waals surface area contributed by atoms with Crippen molar-refractivity contribution in [2.24, 2.45) is 10.7 Å². The van der Waals surface area contributed by atoms with Gasteiger partial charge in [-0.05, 0) is 61.1 Å². The average molecular weight is 525 g/mol. The van der Waals surface area contributed by atoms with Crippen molar-refractivity contribution < 1.29 is 9.47 Å². The predicted molar refractivity (Wildman–Crippen MR) is 132 cm³/mol. The van der Waals surface area contributed by atoms with Gasteiger partial charge in [-0.1, -0.05) is 6.07 Å². The van der Waals surface area contributed by atoms with Crippen LogP contribution in [0.15, 0.2) is 41.5 Å². The Kier molecular flexibility index (Phi) is 9.99. The third kappa shape index (κ3) is 6.93. The molecule has 0 aliphatic carbocycles. The zero-order chi connectivity index (χ0) is 20.5. The number of hydrogen-bond acceptors (Lipinski definition) is 5. The molecule has 3 rings (SSSR count). The number of guanidine groups is 1. The SMILES string of the molecule is COc1ccc(CCNC(N)=NCc2ccnc(N3CCCCC3)c2)cc1OC.I. The Labute approximate surface area is 196 Å². The Bertz CT molecular complexity index is 825. The first-order valence-electron chi connectivity index (χ1n) is 10.1. The van der Waals surface area contributed by atoms with Gasteiger partial charge < -0.3 is 25.4 Å². The summed E-state index contributed by atoms with van der Waals surface area (Å²) >= 11 is 0. The fourth-order valence-electron chi connectivity index (χ4n) is 3.46. The van der Waals surface area contributed by atoms with E-state index in [0.29, 0.717) is 19.0 Å². The number of rotatable bonds is 8. The average Bonchev–Trinajstić information content (AvgIpc) is 2.78. The molecule has 2 heterocycles. The molecular weight excluding hydrogens is 493 g/mol. The molecule has 0 saturated carbocycles. The molecule has 0 bridgehead atoms. The molecule has 0 amide bonds. The molecule has 0 unspecified atom stereocenters. The van der Waals surface area contributed by atoms with Gasteiger partial charge in [0.15, 0.2) is 17.5 Å². The maximum absolute atomic E-state index is 6.04. The molecule has 3 N–H and O–H groups in total. The minimum Gasteiger partial charge on any atom is -0.493 e. The lowest BCUT2D eigenvalue weighted by Gasteiger charge is -2.27. The van der Waals surface area contributed by atoms with Gasteiger partial charge in [0.1, 0.15) is 5.82 Å². The lowest BCUT2D eigenvalue weighted by Crippen LogP contribution is -2.33. The summed E-state index contributed by atoms with van der Waals surface area (Å²) in [5.41, 5.74) is 8.29. The van der Waals surface area contributed by atoms with Crippen LogP contribution in [0, 0.1) is 0 Å². The Morgan fingerprint density at radius 2 is 1.83 bits per heavy atom. The molecule has 2 aromatic rings. The van der Waals surface area contributed by atoms with Gasteiger partial charge in [-0.15, -0.1) is 24.0 Å². The number of pyridine rings is 1. The number of methoxy groups -OCH3 is 2. The first-order chi connectivity index (χ1) is 14.2. The molecule has 1 aromatic carbocycles. The maximum atomic E-state index is 6.04. The van der Waals surface area contributed by atoms with E-state index in [1.54, 1.807) is 14.2 Å². The van der Waals surface area contributed by atoms with Gasteiger partial charge in [0.05, 0.1) is 20.8 Å². The zero-order valence-corrected chi connectivity index (χ0v) is 20.1. The van der Waals surface area contributed by atoms with Gasteiger partial charge in [-0.25, -0.2) is 9.98 Å². The van der Waals surface area contributed by atoms with E-state index in [1.807, 2.05) is 30.5 Å².